The first-order valence-electron chi connectivity index (χ1n) is 14.2. The van der Waals surface area contributed by atoms with Crippen LogP contribution in [0, 0.1) is 5.92 Å². The van der Waals surface area contributed by atoms with E-state index in [-0.39, 0.29) is 24.8 Å². The van der Waals surface area contributed by atoms with Crippen molar-refractivity contribution in [3.05, 3.63) is 58.9 Å². The number of nitrogens with one attached hydrogen (secondary N) is 1. The Morgan fingerprint density at radius 3 is 2.38 bits per heavy atom. The Morgan fingerprint density at radius 2 is 1.69 bits per heavy atom. The summed E-state index contributed by atoms with van der Waals surface area (Å²) in [6.07, 6.45) is 4.17. The summed E-state index contributed by atoms with van der Waals surface area (Å²) in [6.45, 7) is 7.16. The van der Waals surface area contributed by atoms with E-state index in [4.69, 9.17) is 4.98 Å². The summed E-state index contributed by atoms with van der Waals surface area (Å²) in [4.78, 5) is 47.9. The lowest BCUT2D eigenvalue weighted by atomic mass is 9.87. The number of carbonyl (C=O) groups is 3. The van der Waals surface area contributed by atoms with Crippen molar-refractivity contribution < 1.29 is 19.5 Å². The summed E-state index contributed by atoms with van der Waals surface area (Å²) in [5, 5.41) is 13.8. The van der Waals surface area contributed by atoms with Gasteiger partial charge in [-0.2, -0.15) is 0 Å². The summed E-state index contributed by atoms with van der Waals surface area (Å²) in [7, 11) is 0. The molecule has 4 aliphatic heterocycles. The third-order valence-electron chi connectivity index (χ3n) is 9.02. The fraction of sp³-hybridized carbons (Fsp3) is 0.533. The quantitative estimate of drug-likeness (QED) is 0.572. The van der Waals surface area contributed by atoms with Crippen LogP contribution in [-0.4, -0.2) is 69.8 Å². The van der Waals surface area contributed by atoms with Gasteiger partial charge in [0.05, 0.1) is 23.5 Å². The standard InChI is InChI=1S/C30H37N5O4/c1-20-10-14-34(15-11-20)22-4-2-21(3-5-22)18-33-16-12-30(39,13-17-33)26-8-6-23-24(31-26)19-35(29(23)38)25-7-9-27(36)32-28(25)37/h2-6,8,20,25,39H,7,9-19H2,1H3,(H,32,36,37). The second kappa shape index (κ2) is 10.4. The van der Waals surface area contributed by atoms with Gasteiger partial charge in [0.25, 0.3) is 5.91 Å². The van der Waals surface area contributed by atoms with Crippen molar-refractivity contribution in [3.63, 3.8) is 0 Å². The van der Waals surface area contributed by atoms with E-state index >= 15 is 0 Å². The topological polar surface area (TPSA) is 106 Å². The number of imide groups is 1. The number of fused-ring (bicyclic) bond motifs is 1. The molecule has 206 valence electrons. The average Bonchev–Trinajstić information content (AvgIpc) is 3.26. The number of amides is 3. The molecule has 0 bridgehead atoms. The number of carbonyl (C=O) groups excluding carboxylic acids is 3. The zero-order valence-electron chi connectivity index (χ0n) is 22.6. The summed E-state index contributed by atoms with van der Waals surface area (Å²) in [5.41, 5.74) is 3.16. The fourth-order valence-corrected chi connectivity index (χ4v) is 6.37. The minimum atomic E-state index is -1.05. The molecule has 0 spiro atoms. The monoisotopic (exact) mass is 531 g/mol. The van der Waals surface area contributed by atoms with Gasteiger partial charge in [-0.15, -0.1) is 0 Å². The van der Waals surface area contributed by atoms with Crippen molar-refractivity contribution in [2.45, 2.75) is 70.2 Å². The predicted molar refractivity (Wildman–Crippen MR) is 146 cm³/mol. The fourth-order valence-electron chi connectivity index (χ4n) is 6.37. The van der Waals surface area contributed by atoms with Crippen molar-refractivity contribution >= 4 is 23.4 Å². The number of piperidine rings is 3. The van der Waals surface area contributed by atoms with E-state index in [0.717, 1.165) is 38.6 Å². The zero-order valence-corrected chi connectivity index (χ0v) is 22.6. The van der Waals surface area contributed by atoms with Crippen molar-refractivity contribution in [2.24, 2.45) is 5.92 Å². The van der Waals surface area contributed by atoms with Gasteiger partial charge in [-0.25, -0.2) is 0 Å². The number of anilines is 1. The van der Waals surface area contributed by atoms with Crippen LogP contribution in [-0.2, 0) is 28.3 Å². The zero-order chi connectivity index (χ0) is 27.1. The molecule has 2 N–H and O–H groups in total. The van der Waals surface area contributed by atoms with Crippen LogP contribution < -0.4 is 10.2 Å². The molecule has 0 radical (unpaired) electrons. The Balaban J connectivity index is 1.06. The maximum atomic E-state index is 13.0. The molecule has 3 fully saturated rings. The second-order valence-corrected chi connectivity index (χ2v) is 11.7. The van der Waals surface area contributed by atoms with Gasteiger partial charge >= 0.3 is 0 Å². The molecular weight excluding hydrogens is 494 g/mol. The molecule has 6 rings (SSSR count). The summed E-state index contributed by atoms with van der Waals surface area (Å²) >= 11 is 0. The van der Waals surface area contributed by atoms with Gasteiger partial charge in [0.2, 0.25) is 11.8 Å². The Kier molecular flexibility index (Phi) is 6.89. The first-order valence-corrected chi connectivity index (χ1v) is 14.2. The van der Waals surface area contributed by atoms with E-state index in [0.29, 0.717) is 36.2 Å². The van der Waals surface area contributed by atoms with E-state index in [9.17, 15) is 19.5 Å². The maximum Gasteiger partial charge on any atom is 0.256 e. The molecule has 4 aliphatic rings. The van der Waals surface area contributed by atoms with Gasteiger partial charge in [-0.1, -0.05) is 19.1 Å². The third kappa shape index (κ3) is 5.17. The van der Waals surface area contributed by atoms with Crippen LogP contribution in [0.1, 0.15) is 72.8 Å². The Labute approximate surface area is 229 Å². The van der Waals surface area contributed by atoms with E-state index in [1.165, 1.54) is 29.0 Å². The minimum absolute atomic E-state index is 0.211. The van der Waals surface area contributed by atoms with Crippen LogP contribution in [0.2, 0.25) is 0 Å². The minimum Gasteiger partial charge on any atom is -0.383 e. The van der Waals surface area contributed by atoms with Crippen LogP contribution in [0.5, 0.6) is 0 Å². The van der Waals surface area contributed by atoms with Gasteiger partial charge in [0, 0.05) is 44.8 Å². The number of pyridine rings is 1. The lowest BCUT2D eigenvalue weighted by Gasteiger charge is -2.38. The van der Waals surface area contributed by atoms with Crippen LogP contribution in [0.15, 0.2) is 36.4 Å². The van der Waals surface area contributed by atoms with Gasteiger partial charge in [0.1, 0.15) is 11.6 Å². The van der Waals surface area contributed by atoms with Crippen molar-refractivity contribution in [3.8, 4) is 0 Å². The van der Waals surface area contributed by atoms with Crippen molar-refractivity contribution in [1.29, 1.82) is 0 Å². The molecular formula is C30H37N5O4. The molecule has 1 aromatic heterocycles. The molecule has 1 aromatic carbocycles. The number of likely N-dealkylation sites (tertiary alicyclic amines) is 1. The molecule has 1 atom stereocenters. The molecule has 5 heterocycles. The normalized spacial score (nSPS) is 24.2. The molecule has 3 saturated heterocycles. The summed E-state index contributed by atoms with van der Waals surface area (Å²) < 4.78 is 0. The molecule has 1 unspecified atom stereocenters. The summed E-state index contributed by atoms with van der Waals surface area (Å²) in [5.74, 6) is -0.172. The molecule has 9 nitrogen and oxygen atoms in total. The highest BCUT2D eigenvalue weighted by molar-refractivity contribution is 6.05. The van der Waals surface area contributed by atoms with E-state index < -0.39 is 17.6 Å². The third-order valence-corrected chi connectivity index (χ3v) is 9.02. The number of hydrogen-bond acceptors (Lipinski definition) is 7. The van der Waals surface area contributed by atoms with Crippen LogP contribution >= 0.6 is 0 Å². The number of hydrogen-bond donors (Lipinski definition) is 2. The predicted octanol–water partition coefficient (Wildman–Crippen LogP) is 2.56. The Morgan fingerprint density at radius 1 is 0.974 bits per heavy atom. The smallest absolute Gasteiger partial charge is 0.256 e. The van der Waals surface area contributed by atoms with Crippen molar-refractivity contribution in [1.82, 2.24) is 20.1 Å². The molecule has 9 heteroatoms. The van der Waals surface area contributed by atoms with Crippen LogP contribution in [0.25, 0.3) is 0 Å². The number of rotatable bonds is 5. The molecule has 39 heavy (non-hydrogen) atoms. The van der Waals surface area contributed by atoms with E-state index in [1.54, 1.807) is 12.1 Å². The highest BCUT2D eigenvalue weighted by Crippen LogP contribution is 2.35. The van der Waals surface area contributed by atoms with Crippen LogP contribution in [0.4, 0.5) is 5.69 Å². The first-order chi connectivity index (χ1) is 18.8. The lowest BCUT2D eigenvalue weighted by Crippen LogP contribution is -2.52. The number of benzene rings is 1. The highest BCUT2D eigenvalue weighted by atomic mass is 16.3. The number of aliphatic hydroxyl groups is 1. The second-order valence-electron chi connectivity index (χ2n) is 11.7. The Bertz CT molecular complexity index is 1260. The number of nitrogens with zero attached hydrogens (tertiary/aromatic N) is 4. The SMILES string of the molecule is CC1CCN(c2ccc(CN3CCC(O)(c4ccc5c(n4)CN(C4CCC(=O)NC4=O)C5=O)CC3)cc2)CC1. The molecule has 3 amide bonds. The van der Waals surface area contributed by atoms with Gasteiger partial charge in [-0.05, 0) is 67.9 Å². The average molecular weight is 532 g/mol. The molecule has 2 aromatic rings. The van der Waals surface area contributed by atoms with Gasteiger partial charge < -0.3 is 14.9 Å². The van der Waals surface area contributed by atoms with Crippen molar-refractivity contribution in [2.75, 3.05) is 31.1 Å². The molecule has 0 aliphatic carbocycles. The lowest BCUT2D eigenvalue weighted by molar-refractivity contribution is -0.136. The summed E-state index contributed by atoms with van der Waals surface area (Å²) in [6, 6.07) is 11.7. The Hall–Kier alpha value is -3.30. The first kappa shape index (κ1) is 26.0. The van der Waals surface area contributed by atoms with Gasteiger partial charge in [0.15, 0.2) is 0 Å². The van der Waals surface area contributed by atoms with Crippen LogP contribution in [0.3, 0.4) is 0 Å². The molecule has 0 saturated carbocycles. The van der Waals surface area contributed by atoms with Gasteiger partial charge in [-0.3, -0.25) is 29.6 Å². The van der Waals surface area contributed by atoms with E-state index in [2.05, 4.69) is 46.3 Å². The number of aromatic nitrogens is 1. The van der Waals surface area contributed by atoms with E-state index in [1.807, 2.05) is 0 Å². The maximum absolute atomic E-state index is 13.0. The highest BCUT2D eigenvalue weighted by Gasteiger charge is 2.41. The largest absolute Gasteiger partial charge is 0.383 e.